The molecule has 0 aliphatic rings. The second-order valence-electron chi connectivity index (χ2n) is 3.66. The fourth-order valence-electron chi connectivity index (χ4n) is 1.57. The van der Waals surface area contributed by atoms with E-state index >= 15 is 0 Å². The van der Waals surface area contributed by atoms with Crippen molar-refractivity contribution in [3.8, 4) is 0 Å². The summed E-state index contributed by atoms with van der Waals surface area (Å²) < 4.78 is 4.50. The minimum atomic E-state index is -0.301. The molecule has 17 heavy (non-hydrogen) atoms. The van der Waals surface area contributed by atoms with Crippen molar-refractivity contribution >= 4 is 11.6 Å². The van der Waals surface area contributed by atoms with Gasteiger partial charge in [0.25, 0.3) is 5.91 Å². The number of nitrogens with one attached hydrogen (secondary N) is 1. The van der Waals surface area contributed by atoms with Crippen LogP contribution in [0.5, 0.6) is 0 Å². The van der Waals surface area contributed by atoms with Gasteiger partial charge in [0.2, 0.25) is 0 Å². The number of aryl methyl sites for hydroxylation is 2. The summed E-state index contributed by atoms with van der Waals surface area (Å²) >= 11 is 0. The Morgan fingerprint density at radius 3 is 2.76 bits per heavy atom. The summed E-state index contributed by atoms with van der Waals surface area (Å²) in [4.78, 5) is 11.9. The van der Waals surface area contributed by atoms with Gasteiger partial charge in [-0.1, -0.05) is 30.3 Å². The lowest BCUT2D eigenvalue weighted by molar-refractivity contribution is 0.101. The number of rotatable bonds is 3. The first-order valence-electron chi connectivity index (χ1n) is 5.40. The summed E-state index contributed by atoms with van der Waals surface area (Å²) in [5.41, 5.74) is 2.57. The molecule has 1 N–H and O–H groups in total. The van der Waals surface area contributed by atoms with E-state index in [-0.39, 0.29) is 11.6 Å². The summed E-state index contributed by atoms with van der Waals surface area (Å²) in [6, 6.07) is 7.66. The molecule has 1 heterocycles. The van der Waals surface area contributed by atoms with Crippen LogP contribution >= 0.6 is 0 Å². The van der Waals surface area contributed by atoms with Gasteiger partial charge in [-0.15, -0.1) is 0 Å². The molecule has 0 aliphatic heterocycles. The number of nitrogens with zero attached hydrogens (tertiary/aromatic N) is 2. The molecule has 2 rings (SSSR count). The number of amides is 1. The van der Waals surface area contributed by atoms with Gasteiger partial charge in [-0.2, -0.15) is 0 Å². The van der Waals surface area contributed by atoms with Crippen LogP contribution in [0.3, 0.4) is 0 Å². The number of benzene rings is 1. The van der Waals surface area contributed by atoms with Crippen molar-refractivity contribution in [2.75, 3.05) is 5.32 Å². The van der Waals surface area contributed by atoms with Crippen molar-refractivity contribution in [2.24, 2.45) is 0 Å². The number of carbonyl (C=O) groups is 1. The number of para-hydroxylation sites is 1. The SMILES string of the molecule is CCc1ccccc1NC(=O)c1nonc1C. The summed E-state index contributed by atoms with van der Waals surface area (Å²) in [7, 11) is 0. The van der Waals surface area contributed by atoms with Crippen LogP contribution in [0.15, 0.2) is 28.9 Å². The third-order valence-corrected chi connectivity index (χ3v) is 2.51. The van der Waals surface area contributed by atoms with Gasteiger partial charge in [0.05, 0.1) is 0 Å². The van der Waals surface area contributed by atoms with Crippen LogP contribution in [0.4, 0.5) is 5.69 Å². The summed E-state index contributed by atoms with van der Waals surface area (Å²) in [6.07, 6.45) is 0.854. The van der Waals surface area contributed by atoms with Gasteiger partial charge in [0.15, 0.2) is 5.69 Å². The maximum absolute atomic E-state index is 11.9. The number of anilines is 1. The van der Waals surface area contributed by atoms with E-state index in [1.54, 1.807) is 6.92 Å². The molecule has 0 spiro atoms. The molecule has 0 fully saturated rings. The summed E-state index contributed by atoms with van der Waals surface area (Å²) in [5, 5.41) is 9.95. The van der Waals surface area contributed by atoms with E-state index in [0.29, 0.717) is 5.69 Å². The van der Waals surface area contributed by atoms with Crippen molar-refractivity contribution < 1.29 is 9.42 Å². The highest BCUT2D eigenvalue weighted by molar-refractivity contribution is 6.03. The lowest BCUT2D eigenvalue weighted by Crippen LogP contribution is -2.14. The maximum atomic E-state index is 11.9. The molecule has 1 aromatic carbocycles. The topological polar surface area (TPSA) is 68.0 Å². The smallest absolute Gasteiger partial charge is 0.279 e. The minimum absolute atomic E-state index is 0.218. The van der Waals surface area contributed by atoms with Gasteiger partial charge >= 0.3 is 0 Å². The fraction of sp³-hybridized carbons (Fsp3) is 0.250. The van der Waals surface area contributed by atoms with Crippen molar-refractivity contribution in [3.05, 3.63) is 41.2 Å². The van der Waals surface area contributed by atoms with Gasteiger partial charge in [0, 0.05) is 5.69 Å². The zero-order valence-corrected chi connectivity index (χ0v) is 9.73. The van der Waals surface area contributed by atoms with Crippen LogP contribution < -0.4 is 5.32 Å². The minimum Gasteiger partial charge on any atom is -0.320 e. The molecule has 88 valence electrons. The number of hydrogen-bond acceptors (Lipinski definition) is 4. The van der Waals surface area contributed by atoms with Gasteiger partial charge in [0.1, 0.15) is 5.69 Å². The van der Waals surface area contributed by atoms with Gasteiger partial charge < -0.3 is 5.32 Å². The van der Waals surface area contributed by atoms with E-state index in [0.717, 1.165) is 17.7 Å². The Kier molecular flexibility index (Phi) is 3.18. The van der Waals surface area contributed by atoms with Gasteiger partial charge in [-0.25, -0.2) is 4.63 Å². The first-order valence-corrected chi connectivity index (χ1v) is 5.40. The van der Waals surface area contributed by atoms with Crippen LogP contribution in [0.2, 0.25) is 0 Å². The van der Waals surface area contributed by atoms with Crippen LogP contribution in [0.1, 0.15) is 28.7 Å². The Labute approximate surface area is 98.8 Å². The second kappa shape index (κ2) is 4.78. The number of carbonyl (C=O) groups excluding carboxylic acids is 1. The van der Waals surface area contributed by atoms with Gasteiger partial charge in [-0.3, -0.25) is 4.79 Å². The van der Waals surface area contributed by atoms with Crippen LogP contribution in [0.25, 0.3) is 0 Å². The fourth-order valence-corrected chi connectivity index (χ4v) is 1.57. The molecular formula is C12H13N3O2. The Hall–Kier alpha value is -2.17. The average Bonchev–Trinajstić information content (AvgIpc) is 2.76. The molecule has 0 atom stereocenters. The Morgan fingerprint density at radius 2 is 2.12 bits per heavy atom. The van der Waals surface area contributed by atoms with Crippen LogP contribution in [0, 0.1) is 6.92 Å². The molecule has 0 radical (unpaired) electrons. The lowest BCUT2D eigenvalue weighted by atomic mass is 10.1. The standard InChI is InChI=1S/C12H13N3O2/c1-3-9-6-4-5-7-10(9)13-12(16)11-8(2)14-17-15-11/h4-7H,3H2,1-2H3,(H,13,16). The van der Waals surface area contributed by atoms with E-state index in [1.165, 1.54) is 0 Å². The van der Waals surface area contributed by atoms with E-state index in [9.17, 15) is 4.79 Å². The molecule has 0 unspecified atom stereocenters. The molecular weight excluding hydrogens is 218 g/mol. The molecule has 0 saturated heterocycles. The van der Waals surface area contributed by atoms with E-state index in [4.69, 9.17) is 0 Å². The monoisotopic (exact) mass is 231 g/mol. The molecule has 0 bridgehead atoms. The van der Waals surface area contributed by atoms with Gasteiger partial charge in [-0.05, 0) is 30.1 Å². The maximum Gasteiger partial charge on any atom is 0.279 e. The van der Waals surface area contributed by atoms with Crippen LogP contribution in [-0.2, 0) is 6.42 Å². The van der Waals surface area contributed by atoms with E-state index < -0.39 is 0 Å². The van der Waals surface area contributed by atoms with Crippen molar-refractivity contribution in [3.63, 3.8) is 0 Å². The quantitative estimate of drug-likeness (QED) is 0.879. The van der Waals surface area contributed by atoms with Crippen molar-refractivity contribution in [1.29, 1.82) is 0 Å². The average molecular weight is 231 g/mol. The summed E-state index contributed by atoms with van der Waals surface area (Å²) in [5.74, 6) is -0.301. The molecule has 1 aromatic heterocycles. The third-order valence-electron chi connectivity index (χ3n) is 2.51. The normalized spacial score (nSPS) is 10.2. The molecule has 5 nitrogen and oxygen atoms in total. The first-order chi connectivity index (χ1) is 8.22. The predicted octanol–water partition coefficient (Wildman–Crippen LogP) is 2.19. The zero-order chi connectivity index (χ0) is 12.3. The molecule has 1 amide bonds. The largest absolute Gasteiger partial charge is 0.320 e. The zero-order valence-electron chi connectivity index (χ0n) is 9.73. The number of aromatic nitrogens is 2. The molecule has 0 aliphatic carbocycles. The molecule has 2 aromatic rings. The van der Waals surface area contributed by atoms with E-state index in [1.807, 2.05) is 31.2 Å². The third kappa shape index (κ3) is 2.33. The first kappa shape index (κ1) is 11.3. The number of hydrogen-bond donors (Lipinski definition) is 1. The second-order valence-corrected chi connectivity index (χ2v) is 3.66. The highest BCUT2D eigenvalue weighted by atomic mass is 16.6. The summed E-state index contributed by atoms with van der Waals surface area (Å²) in [6.45, 7) is 3.71. The van der Waals surface area contributed by atoms with Crippen molar-refractivity contribution in [1.82, 2.24) is 10.3 Å². The molecule has 0 saturated carbocycles. The van der Waals surface area contributed by atoms with Crippen molar-refractivity contribution in [2.45, 2.75) is 20.3 Å². The lowest BCUT2D eigenvalue weighted by Gasteiger charge is -2.07. The van der Waals surface area contributed by atoms with E-state index in [2.05, 4.69) is 20.3 Å². The Bertz CT molecular complexity index is 534. The Morgan fingerprint density at radius 1 is 1.35 bits per heavy atom. The highest BCUT2D eigenvalue weighted by Crippen LogP contribution is 2.16. The Balaban J connectivity index is 2.22. The van der Waals surface area contributed by atoms with Crippen LogP contribution in [-0.4, -0.2) is 16.2 Å². The molecule has 5 heteroatoms. The highest BCUT2D eigenvalue weighted by Gasteiger charge is 2.15. The predicted molar refractivity (Wildman–Crippen MR) is 62.8 cm³/mol.